The van der Waals surface area contributed by atoms with Gasteiger partial charge in [0.1, 0.15) is 6.54 Å². The van der Waals surface area contributed by atoms with E-state index in [2.05, 4.69) is 20.7 Å². The molecule has 2 heterocycles. The average molecular weight is 293 g/mol. The number of carbonyl (C=O) groups excluding carboxylic acids is 1. The zero-order valence-corrected chi connectivity index (χ0v) is 11.4. The molecule has 112 valence electrons. The predicted molar refractivity (Wildman–Crippen MR) is 69.9 cm³/mol. The van der Waals surface area contributed by atoms with Crippen molar-refractivity contribution < 1.29 is 19.1 Å². The fourth-order valence-electron chi connectivity index (χ4n) is 1.66. The number of nitrogens with one attached hydrogen (secondary N) is 1. The summed E-state index contributed by atoms with van der Waals surface area (Å²) in [7, 11) is 0. The first-order chi connectivity index (χ1) is 10.0. The highest BCUT2D eigenvalue weighted by Crippen LogP contribution is 2.12. The van der Waals surface area contributed by atoms with Crippen molar-refractivity contribution in [2.24, 2.45) is 5.92 Å². The lowest BCUT2D eigenvalue weighted by molar-refractivity contribution is -0.138. The number of hydrogen-bond acceptors (Lipinski definition) is 6. The first-order valence-electron chi connectivity index (χ1n) is 6.34. The van der Waals surface area contributed by atoms with E-state index in [4.69, 9.17) is 9.52 Å². The molecule has 0 aliphatic rings. The standard InChI is InChI=1S/C12H15N5O4/c1-8(5-11(19)20)6-13-10(18)7-17-15-12(14-16-17)9-3-2-4-21-9/h2-4,8H,5-7H2,1H3,(H,13,18)(H,19,20). The molecule has 2 aromatic heterocycles. The molecule has 0 aliphatic carbocycles. The van der Waals surface area contributed by atoms with Crippen molar-refractivity contribution in [1.29, 1.82) is 0 Å². The number of aliphatic carboxylic acids is 1. The molecule has 21 heavy (non-hydrogen) atoms. The van der Waals surface area contributed by atoms with Gasteiger partial charge in [0, 0.05) is 13.0 Å². The minimum atomic E-state index is -0.891. The van der Waals surface area contributed by atoms with Crippen molar-refractivity contribution in [1.82, 2.24) is 25.5 Å². The van der Waals surface area contributed by atoms with E-state index in [1.807, 2.05) is 0 Å². The molecule has 0 bridgehead atoms. The highest BCUT2D eigenvalue weighted by atomic mass is 16.4. The summed E-state index contributed by atoms with van der Waals surface area (Å²) in [5.41, 5.74) is 0. The molecular formula is C12H15N5O4. The van der Waals surface area contributed by atoms with Gasteiger partial charge in [-0.1, -0.05) is 6.92 Å². The van der Waals surface area contributed by atoms with E-state index in [-0.39, 0.29) is 31.3 Å². The Hall–Kier alpha value is -2.71. The van der Waals surface area contributed by atoms with Gasteiger partial charge in [-0.15, -0.1) is 10.2 Å². The maximum absolute atomic E-state index is 11.7. The van der Waals surface area contributed by atoms with Gasteiger partial charge >= 0.3 is 5.97 Å². The van der Waals surface area contributed by atoms with Crippen LogP contribution in [0.25, 0.3) is 11.6 Å². The number of rotatable bonds is 7. The Kier molecular flexibility index (Phi) is 4.64. The van der Waals surface area contributed by atoms with E-state index >= 15 is 0 Å². The maximum Gasteiger partial charge on any atom is 0.303 e. The third-order valence-electron chi connectivity index (χ3n) is 2.65. The molecule has 0 saturated carbocycles. The summed E-state index contributed by atoms with van der Waals surface area (Å²) in [5, 5.41) is 22.8. The van der Waals surface area contributed by atoms with Gasteiger partial charge in [0.05, 0.1) is 6.26 Å². The molecule has 0 spiro atoms. The second-order valence-corrected chi connectivity index (χ2v) is 4.63. The summed E-state index contributed by atoms with van der Waals surface area (Å²) in [6.45, 7) is 1.94. The number of amides is 1. The molecule has 2 aromatic rings. The minimum absolute atomic E-state index is 0.00446. The van der Waals surface area contributed by atoms with Crippen LogP contribution in [0.4, 0.5) is 0 Å². The number of carboxylic acid groups (broad SMARTS) is 1. The van der Waals surface area contributed by atoms with Crippen molar-refractivity contribution in [2.45, 2.75) is 19.9 Å². The van der Waals surface area contributed by atoms with Gasteiger partial charge in [0.15, 0.2) is 5.76 Å². The SMILES string of the molecule is CC(CNC(=O)Cn1nnc(-c2ccco2)n1)CC(=O)O. The minimum Gasteiger partial charge on any atom is -0.481 e. The molecule has 9 nitrogen and oxygen atoms in total. The summed E-state index contributed by atoms with van der Waals surface area (Å²) in [4.78, 5) is 23.3. The summed E-state index contributed by atoms with van der Waals surface area (Å²) in [5.74, 6) is -0.578. The Morgan fingerprint density at radius 3 is 3.00 bits per heavy atom. The van der Waals surface area contributed by atoms with E-state index in [0.29, 0.717) is 11.6 Å². The van der Waals surface area contributed by atoms with Gasteiger partial charge in [0.2, 0.25) is 11.7 Å². The van der Waals surface area contributed by atoms with Crippen molar-refractivity contribution in [3.05, 3.63) is 18.4 Å². The molecule has 1 atom stereocenters. The van der Waals surface area contributed by atoms with Crippen molar-refractivity contribution >= 4 is 11.9 Å². The third kappa shape index (κ3) is 4.41. The Bertz CT molecular complexity index is 607. The number of nitrogens with zero attached hydrogens (tertiary/aromatic N) is 4. The molecule has 2 rings (SSSR count). The number of hydrogen-bond donors (Lipinski definition) is 2. The zero-order valence-electron chi connectivity index (χ0n) is 11.4. The van der Waals surface area contributed by atoms with Crippen LogP contribution in [0.2, 0.25) is 0 Å². The number of furan rings is 1. The van der Waals surface area contributed by atoms with Crippen LogP contribution in [-0.4, -0.2) is 43.7 Å². The summed E-state index contributed by atoms with van der Waals surface area (Å²) in [6.07, 6.45) is 1.50. The van der Waals surface area contributed by atoms with Crippen LogP contribution in [0.3, 0.4) is 0 Å². The van der Waals surface area contributed by atoms with Crippen LogP contribution < -0.4 is 5.32 Å². The molecule has 2 N–H and O–H groups in total. The Balaban J connectivity index is 1.82. The van der Waals surface area contributed by atoms with Gasteiger partial charge in [-0.05, 0) is 23.3 Å². The van der Waals surface area contributed by atoms with Crippen molar-refractivity contribution in [2.75, 3.05) is 6.54 Å². The lowest BCUT2D eigenvalue weighted by Crippen LogP contribution is -2.32. The van der Waals surface area contributed by atoms with Gasteiger partial charge in [-0.2, -0.15) is 4.80 Å². The topological polar surface area (TPSA) is 123 Å². The smallest absolute Gasteiger partial charge is 0.303 e. The highest BCUT2D eigenvalue weighted by molar-refractivity contribution is 5.75. The van der Waals surface area contributed by atoms with E-state index in [9.17, 15) is 9.59 Å². The first kappa shape index (κ1) is 14.7. The Morgan fingerprint density at radius 1 is 1.52 bits per heavy atom. The van der Waals surface area contributed by atoms with E-state index < -0.39 is 5.97 Å². The number of aromatic nitrogens is 4. The monoisotopic (exact) mass is 293 g/mol. The number of carbonyl (C=O) groups is 2. The average Bonchev–Trinajstić information content (AvgIpc) is 3.05. The molecular weight excluding hydrogens is 278 g/mol. The molecule has 1 unspecified atom stereocenters. The Labute approximate surface area is 119 Å². The van der Waals surface area contributed by atoms with E-state index in [1.54, 1.807) is 19.1 Å². The Morgan fingerprint density at radius 2 is 2.33 bits per heavy atom. The molecule has 0 aliphatic heterocycles. The molecule has 0 radical (unpaired) electrons. The third-order valence-corrected chi connectivity index (χ3v) is 2.65. The van der Waals surface area contributed by atoms with Crippen LogP contribution in [0.1, 0.15) is 13.3 Å². The lowest BCUT2D eigenvalue weighted by atomic mass is 10.1. The van der Waals surface area contributed by atoms with Gasteiger partial charge in [0.25, 0.3) is 0 Å². The van der Waals surface area contributed by atoms with Gasteiger partial charge in [-0.25, -0.2) is 0 Å². The van der Waals surface area contributed by atoms with E-state index in [1.165, 1.54) is 6.26 Å². The molecule has 9 heteroatoms. The fraction of sp³-hybridized carbons (Fsp3) is 0.417. The van der Waals surface area contributed by atoms with Crippen LogP contribution in [0, 0.1) is 5.92 Å². The van der Waals surface area contributed by atoms with Crippen LogP contribution >= 0.6 is 0 Å². The largest absolute Gasteiger partial charge is 0.481 e. The molecule has 0 saturated heterocycles. The summed E-state index contributed by atoms with van der Waals surface area (Å²) < 4.78 is 5.12. The lowest BCUT2D eigenvalue weighted by Gasteiger charge is -2.09. The normalized spacial score (nSPS) is 12.0. The van der Waals surface area contributed by atoms with Crippen molar-refractivity contribution in [3.8, 4) is 11.6 Å². The van der Waals surface area contributed by atoms with Crippen molar-refractivity contribution in [3.63, 3.8) is 0 Å². The quantitative estimate of drug-likeness (QED) is 0.745. The number of carboxylic acids is 1. The van der Waals surface area contributed by atoms with Crippen LogP contribution in [0.15, 0.2) is 22.8 Å². The maximum atomic E-state index is 11.7. The molecule has 1 amide bonds. The molecule has 0 fully saturated rings. The zero-order chi connectivity index (χ0) is 15.2. The molecule has 0 aromatic carbocycles. The van der Waals surface area contributed by atoms with Crippen LogP contribution in [0.5, 0.6) is 0 Å². The second kappa shape index (κ2) is 6.64. The fourth-order valence-corrected chi connectivity index (χ4v) is 1.66. The van der Waals surface area contributed by atoms with Gasteiger partial charge < -0.3 is 14.8 Å². The van der Waals surface area contributed by atoms with E-state index in [0.717, 1.165) is 4.80 Å². The van der Waals surface area contributed by atoms with Crippen LogP contribution in [-0.2, 0) is 16.1 Å². The summed E-state index contributed by atoms with van der Waals surface area (Å²) in [6, 6.07) is 3.39. The van der Waals surface area contributed by atoms with Gasteiger partial charge in [-0.3, -0.25) is 9.59 Å². The first-order valence-corrected chi connectivity index (χ1v) is 6.34. The predicted octanol–water partition coefficient (Wildman–Crippen LogP) is 0.160. The number of tetrazole rings is 1. The highest BCUT2D eigenvalue weighted by Gasteiger charge is 2.12. The second-order valence-electron chi connectivity index (χ2n) is 4.63. The summed E-state index contributed by atoms with van der Waals surface area (Å²) >= 11 is 0.